The Kier molecular flexibility index (Phi) is 5.67. The first kappa shape index (κ1) is 20.8. The fourth-order valence-electron chi connectivity index (χ4n) is 3.20. The molecule has 0 spiro atoms. The van der Waals surface area contributed by atoms with Gasteiger partial charge in [0.2, 0.25) is 0 Å². The zero-order valence-corrected chi connectivity index (χ0v) is 17.7. The predicted octanol–water partition coefficient (Wildman–Crippen LogP) is 5.31. The van der Waals surface area contributed by atoms with Crippen molar-refractivity contribution in [3.63, 3.8) is 0 Å². The highest BCUT2D eigenvalue weighted by Gasteiger charge is 2.20. The predicted molar refractivity (Wildman–Crippen MR) is 122 cm³/mol. The monoisotopic (exact) mass is 441 g/mol. The smallest absolute Gasteiger partial charge is 0.145 e. The van der Waals surface area contributed by atoms with Gasteiger partial charge in [0.05, 0.1) is 23.4 Å². The van der Waals surface area contributed by atoms with E-state index in [0.717, 1.165) is 5.56 Å². The Hall–Kier alpha value is -4.46. The Bertz CT molecular complexity index is 1400. The van der Waals surface area contributed by atoms with E-state index >= 15 is 0 Å². The number of benzene rings is 2. The van der Waals surface area contributed by atoms with Crippen LogP contribution >= 0.6 is 11.6 Å². The Morgan fingerprint density at radius 2 is 1.94 bits per heavy atom. The number of nitrogen functional groups attached to an aromatic ring is 1. The lowest BCUT2D eigenvalue weighted by Crippen LogP contribution is -2.02. The molecule has 2 aromatic carbocycles. The Morgan fingerprint density at radius 3 is 2.59 bits per heavy atom. The number of hydrogen-bond acceptors (Lipinski definition) is 6. The summed E-state index contributed by atoms with van der Waals surface area (Å²) in [6.45, 7) is 0. The molecule has 0 aliphatic rings. The van der Waals surface area contributed by atoms with E-state index in [1.54, 1.807) is 31.4 Å². The summed E-state index contributed by atoms with van der Waals surface area (Å²) in [4.78, 5) is 0. The van der Waals surface area contributed by atoms with Crippen LogP contribution in [0.5, 0.6) is 5.75 Å². The molecule has 4 rings (SSSR count). The first-order valence-electron chi connectivity index (χ1n) is 9.45. The number of para-hydroxylation sites is 1. The number of halogens is 1. The molecule has 4 aromatic rings. The van der Waals surface area contributed by atoms with Gasteiger partial charge in [0.1, 0.15) is 46.5 Å². The van der Waals surface area contributed by atoms with Crippen molar-refractivity contribution in [1.82, 2.24) is 9.78 Å². The van der Waals surface area contributed by atoms with Crippen molar-refractivity contribution in [3.8, 4) is 34.9 Å². The van der Waals surface area contributed by atoms with Crippen molar-refractivity contribution in [2.24, 2.45) is 0 Å². The number of nitrogens with two attached hydrogens (primary N) is 1. The number of aromatic nitrogens is 2. The van der Waals surface area contributed by atoms with E-state index < -0.39 is 0 Å². The number of furan rings is 1. The average Bonchev–Trinajstić information content (AvgIpc) is 3.42. The third-order valence-electron chi connectivity index (χ3n) is 4.76. The van der Waals surface area contributed by atoms with Crippen molar-refractivity contribution < 1.29 is 9.15 Å². The van der Waals surface area contributed by atoms with E-state index in [2.05, 4.69) is 11.2 Å². The zero-order chi connectivity index (χ0) is 22.7. The van der Waals surface area contributed by atoms with E-state index in [-0.39, 0.29) is 22.6 Å². The molecule has 0 saturated heterocycles. The van der Waals surface area contributed by atoms with Crippen LogP contribution in [0.4, 0.5) is 5.82 Å². The van der Waals surface area contributed by atoms with Gasteiger partial charge in [-0.3, -0.25) is 0 Å². The number of nitriles is 2. The molecule has 0 bridgehead atoms. The molecule has 0 unspecified atom stereocenters. The van der Waals surface area contributed by atoms with E-state index in [1.165, 1.54) is 10.8 Å². The van der Waals surface area contributed by atoms with Crippen molar-refractivity contribution in [2.45, 2.75) is 0 Å². The molecule has 0 radical (unpaired) electrons. The number of rotatable bonds is 5. The van der Waals surface area contributed by atoms with Gasteiger partial charge in [0.15, 0.2) is 0 Å². The second-order valence-corrected chi connectivity index (χ2v) is 7.10. The summed E-state index contributed by atoms with van der Waals surface area (Å²) in [5.74, 6) is 1.69. The third-order valence-corrected chi connectivity index (χ3v) is 5.05. The molecular weight excluding hydrogens is 426 g/mol. The van der Waals surface area contributed by atoms with Crippen LogP contribution in [-0.4, -0.2) is 16.9 Å². The largest absolute Gasteiger partial charge is 0.495 e. The van der Waals surface area contributed by atoms with Crippen LogP contribution in [-0.2, 0) is 0 Å². The second kappa shape index (κ2) is 8.73. The number of ether oxygens (including phenoxy) is 1. The van der Waals surface area contributed by atoms with E-state index in [9.17, 15) is 10.5 Å². The molecule has 32 heavy (non-hydrogen) atoms. The van der Waals surface area contributed by atoms with E-state index in [0.29, 0.717) is 28.0 Å². The standard InChI is InChI=1S/C24H16ClN5O2/c1-31-22-9-7-15(12-20(22)25)21-10-8-18(32-21)11-16(13-26)23-19(14-27)24(28)30(29-23)17-5-3-2-4-6-17/h2-12H,28H2,1H3. The normalized spacial score (nSPS) is 11.1. The number of anilines is 1. The Balaban J connectivity index is 1.73. The molecule has 0 aliphatic heterocycles. The van der Waals surface area contributed by atoms with E-state index in [1.807, 2.05) is 42.5 Å². The van der Waals surface area contributed by atoms with Gasteiger partial charge in [-0.15, -0.1) is 0 Å². The molecule has 2 N–H and O–H groups in total. The lowest BCUT2D eigenvalue weighted by molar-refractivity contribution is 0.415. The van der Waals surface area contributed by atoms with Gasteiger partial charge in [-0.25, -0.2) is 4.68 Å². The Morgan fingerprint density at radius 1 is 1.16 bits per heavy atom. The molecule has 156 valence electrons. The van der Waals surface area contributed by atoms with Crippen molar-refractivity contribution in [1.29, 1.82) is 10.5 Å². The minimum atomic E-state index is 0.121. The molecule has 7 nitrogen and oxygen atoms in total. The van der Waals surface area contributed by atoms with Gasteiger partial charge in [0, 0.05) is 11.6 Å². The summed E-state index contributed by atoms with van der Waals surface area (Å²) in [5, 5.41) is 24.3. The first-order chi connectivity index (χ1) is 15.5. The summed E-state index contributed by atoms with van der Waals surface area (Å²) in [7, 11) is 1.54. The highest BCUT2D eigenvalue weighted by molar-refractivity contribution is 6.32. The van der Waals surface area contributed by atoms with Crippen molar-refractivity contribution in [3.05, 3.63) is 82.7 Å². The van der Waals surface area contributed by atoms with Crippen LogP contribution in [0.3, 0.4) is 0 Å². The molecule has 8 heteroatoms. The summed E-state index contributed by atoms with van der Waals surface area (Å²) < 4.78 is 12.5. The molecule has 0 amide bonds. The molecule has 2 aromatic heterocycles. The van der Waals surface area contributed by atoms with Crippen LogP contribution in [0, 0.1) is 22.7 Å². The van der Waals surface area contributed by atoms with Crippen LogP contribution in [0.25, 0.3) is 28.7 Å². The van der Waals surface area contributed by atoms with Gasteiger partial charge < -0.3 is 14.9 Å². The van der Waals surface area contributed by atoms with Crippen LogP contribution in [0.15, 0.2) is 65.1 Å². The number of hydrogen-bond donors (Lipinski definition) is 1. The van der Waals surface area contributed by atoms with Gasteiger partial charge >= 0.3 is 0 Å². The highest BCUT2D eigenvalue weighted by atomic mass is 35.5. The number of nitrogens with zero attached hydrogens (tertiary/aromatic N) is 4. The van der Waals surface area contributed by atoms with Crippen LogP contribution < -0.4 is 10.5 Å². The van der Waals surface area contributed by atoms with Gasteiger partial charge in [-0.2, -0.15) is 15.6 Å². The quantitative estimate of drug-likeness (QED) is 0.419. The van der Waals surface area contributed by atoms with Crippen molar-refractivity contribution in [2.75, 3.05) is 12.8 Å². The fraction of sp³-hybridized carbons (Fsp3) is 0.0417. The minimum Gasteiger partial charge on any atom is -0.495 e. The number of methoxy groups -OCH3 is 1. The van der Waals surface area contributed by atoms with E-state index in [4.69, 9.17) is 26.5 Å². The molecule has 0 saturated carbocycles. The van der Waals surface area contributed by atoms with Gasteiger partial charge in [-0.05, 0) is 42.5 Å². The third kappa shape index (κ3) is 3.81. The molecular formula is C24H16ClN5O2. The summed E-state index contributed by atoms with van der Waals surface area (Å²) in [6.07, 6.45) is 1.52. The maximum Gasteiger partial charge on any atom is 0.145 e. The SMILES string of the molecule is COc1ccc(-c2ccc(C=C(C#N)c3nn(-c4ccccc4)c(N)c3C#N)o2)cc1Cl. The lowest BCUT2D eigenvalue weighted by Gasteiger charge is -2.04. The average molecular weight is 442 g/mol. The highest BCUT2D eigenvalue weighted by Crippen LogP contribution is 2.32. The Labute approximate surface area is 189 Å². The summed E-state index contributed by atoms with van der Waals surface area (Å²) >= 11 is 6.20. The van der Waals surface area contributed by atoms with Gasteiger partial charge in [-0.1, -0.05) is 29.8 Å². The van der Waals surface area contributed by atoms with Crippen LogP contribution in [0.2, 0.25) is 5.02 Å². The summed E-state index contributed by atoms with van der Waals surface area (Å²) in [6, 6.07) is 22.1. The fourth-order valence-corrected chi connectivity index (χ4v) is 3.45. The number of allylic oxidation sites excluding steroid dienone is 1. The second-order valence-electron chi connectivity index (χ2n) is 6.69. The van der Waals surface area contributed by atoms with Gasteiger partial charge in [0.25, 0.3) is 0 Å². The molecule has 0 aliphatic carbocycles. The summed E-state index contributed by atoms with van der Waals surface area (Å²) in [5.41, 5.74) is 8.03. The first-order valence-corrected chi connectivity index (χ1v) is 9.83. The topological polar surface area (TPSA) is 114 Å². The molecule has 0 atom stereocenters. The molecule has 0 fully saturated rings. The van der Waals surface area contributed by atoms with Crippen LogP contribution in [0.1, 0.15) is 17.0 Å². The van der Waals surface area contributed by atoms with Crippen molar-refractivity contribution >= 4 is 29.1 Å². The molecule has 2 heterocycles. The maximum atomic E-state index is 9.76. The lowest BCUT2D eigenvalue weighted by atomic mass is 10.1. The zero-order valence-electron chi connectivity index (χ0n) is 16.9. The minimum absolute atomic E-state index is 0.121. The maximum absolute atomic E-state index is 9.76.